The van der Waals surface area contributed by atoms with Crippen molar-refractivity contribution in [3.05, 3.63) is 59.7 Å². The van der Waals surface area contributed by atoms with Gasteiger partial charge < -0.3 is 10.1 Å². The molecule has 0 radical (unpaired) electrons. The summed E-state index contributed by atoms with van der Waals surface area (Å²) in [5, 5.41) is 2.83. The number of amides is 1. The van der Waals surface area contributed by atoms with E-state index >= 15 is 0 Å². The molecule has 0 unspecified atom stereocenters. The lowest BCUT2D eigenvalue weighted by atomic mass is 9.87. The molecule has 0 spiro atoms. The maximum absolute atomic E-state index is 12.0. The molecule has 0 aromatic heterocycles. The molecule has 0 aliphatic heterocycles. The zero-order valence-corrected chi connectivity index (χ0v) is 16.0. The lowest BCUT2D eigenvalue weighted by Gasteiger charge is -2.19. The Balaban J connectivity index is 1.72. The summed E-state index contributed by atoms with van der Waals surface area (Å²) in [5.74, 6) is 0.765. The second-order valence-electron chi connectivity index (χ2n) is 7.41. The maximum Gasteiger partial charge on any atom is 0.224 e. The van der Waals surface area contributed by atoms with Gasteiger partial charge >= 0.3 is 0 Å². The Labute approximate surface area is 155 Å². The summed E-state index contributed by atoms with van der Waals surface area (Å²) in [6.45, 7) is 8.54. The minimum atomic E-state index is -0.0627. The number of rotatable bonds is 7. The molecule has 0 aliphatic carbocycles. The van der Waals surface area contributed by atoms with Gasteiger partial charge in [0.05, 0.1) is 6.61 Å². The molecule has 0 aliphatic rings. The molecular weight excluding hydrogens is 326 g/mol. The van der Waals surface area contributed by atoms with Gasteiger partial charge in [0, 0.05) is 17.7 Å². The van der Waals surface area contributed by atoms with Crippen molar-refractivity contribution in [2.45, 2.75) is 46.0 Å². The fraction of sp³-hybridized carbons (Fsp3) is 0.364. The molecule has 0 heterocycles. The molecule has 26 heavy (non-hydrogen) atoms. The minimum Gasteiger partial charge on any atom is -0.494 e. The van der Waals surface area contributed by atoms with E-state index in [4.69, 9.17) is 4.74 Å². The third kappa shape index (κ3) is 6.03. The van der Waals surface area contributed by atoms with Crippen LogP contribution in [0.25, 0.3) is 0 Å². The second kappa shape index (κ2) is 8.65. The van der Waals surface area contributed by atoms with Crippen molar-refractivity contribution in [2.75, 3.05) is 11.9 Å². The predicted octanol–water partition coefficient (Wildman–Crippen LogP) is 4.98. The van der Waals surface area contributed by atoms with Crippen LogP contribution in [0.1, 0.15) is 56.5 Å². The van der Waals surface area contributed by atoms with Crippen LogP contribution in [-0.2, 0) is 10.2 Å². The first-order valence-corrected chi connectivity index (χ1v) is 8.90. The first kappa shape index (κ1) is 19.7. The highest BCUT2D eigenvalue weighted by Gasteiger charge is 2.13. The van der Waals surface area contributed by atoms with Gasteiger partial charge in [0.25, 0.3) is 0 Å². The molecule has 138 valence electrons. The molecular formula is C22H27NO3. The monoisotopic (exact) mass is 353 g/mol. The number of carbonyl (C=O) groups is 2. The molecule has 2 aromatic carbocycles. The number of hydrogen-bond acceptors (Lipinski definition) is 3. The third-order valence-corrected chi connectivity index (χ3v) is 4.11. The summed E-state index contributed by atoms with van der Waals surface area (Å²) < 4.78 is 5.70. The van der Waals surface area contributed by atoms with Crippen LogP contribution in [0.5, 0.6) is 5.75 Å². The summed E-state index contributed by atoms with van der Waals surface area (Å²) in [5.41, 5.74) is 2.71. The molecule has 1 amide bonds. The SMILES string of the molecule is CC(=O)c1ccc(NC(=O)CCCOc2ccc(C(C)(C)C)cc2)cc1. The Morgan fingerprint density at radius 3 is 2.12 bits per heavy atom. The normalized spacial score (nSPS) is 11.1. The van der Waals surface area contributed by atoms with Gasteiger partial charge in [0.1, 0.15) is 5.75 Å². The molecule has 0 fully saturated rings. The lowest BCUT2D eigenvalue weighted by Crippen LogP contribution is -2.13. The molecule has 1 N–H and O–H groups in total. The fourth-order valence-electron chi connectivity index (χ4n) is 2.49. The number of ketones is 1. The molecule has 4 heteroatoms. The number of nitrogens with one attached hydrogen (secondary N) is 1. The number of hydrogen-bond donors (Lipinski definition) is 1. The molecule has 0 bridgehead atoms. The number of ether oxygens (including phenoxy) is 1. The summed E-state index contributed by atoms with van der Waals surface area (Å²) >= 11 is 0. The van der Waals surface area contributed by atoms with E-state index in [-0.39, 0.29) is 17.1 Å². The van der Waals surface area contributed by atoms with Gasteiger partial charge in [-0.25, -0.2) is 0 Å². The summed E-state index contributed by atoms with van der Waals surface area (Å²) in [6.07, 6.45) is 1.02. The van der Waals surface area contributed by atoms with E-state index in [1.54, 1.807) is 24.3 Å². The Bertz CT molecular complexity index is 740. The number of Topliss-reactive ketones (excluding diaryl/α,β-unsaturated/α-hetero) is 1. The molecule has 0 atom stereocenters. The van der Waals surface area contributed by atoms with E-state index < -0.39 is 0 Å². The molecule has 0 saturated carbocycles. The highest BCUT2D eigenvalue weighted by atomic mass is 16.5. The smallest absolute Gasteiger partial charge is 0.224 e. The summed E-state index contributed by atoms with van der Waals surface area (Å²) in [6, 6.07) is 15.0. The predicted molar refractivity (Wildman–Crippen MR) is 105 cm³/mol. The minimum absolute atomic E-state index is 0.00978. The molecule has 0 saturated heterocycles. The Morgan fingerprint density at radius 2 is 1.58 bits per heavy atom. The highest BCUT2D eigenvalue weighted by molar-refractivity contribution is 5.95. The molecule has 2 rings (SSSR count). The second-order valence-corrected chi connectivity index (χ2v) is 7.41. The van der Waals surface area contributed by atoms with E-state index in [1.807, 2.05) is 12.1 Å². The largest absolute Gasteiger partial charge is 0.494 e. The first-order valence-electron chi connectivity index (χ1n) is 8.90. The van der Waals surface area contributed by atoms with Gasteiger partial charge in [-0.1, -0.05) is 32.9 Å². The maximum atomic E-state index is 12.0. The van der Waals surface area contributed by atoms with Crippen LogP contribution in [0.2, 0.25) is 0 Å². The quantitative estimate of drug-likeness (QED) is 0.564. The van der Waals surface area contributed by atoms with Crippen LogP contribution in [0.3, 0.4) is 0 Å². The highest BCUT2D eigenvalue weighted by Crippen LogP contribution is 2.24. The van der Waals surface area contributed by atoms with Crippen molar-refractivity contribution in [1.29, 1.82) is 0 Å². The van der Waals surface area contributed by atoms with Gasteiger partial charge in [-0.2, -0.15) is 0 Å². The van der Waals surface area contributed by atoms with Crippen LogP contribution in [0.15, 0.2) is 48.5 Å². The molecule has 2 aromatic rings. The number of benzene rings is 2. The Kier molecular flexibility index (Phi) is 6.56. The average Bonchev–Trinajstić information content (AvgIpc) is 2.59. The van der Waals surface area contributed by atoms with E-state index in [2.05, 4.69) is 38.2 Å². The van der Waals surface area contributed by atoms with Crippen LogP contribution in [0.4, 0.5) is 5.69 Å². The summed E-state index contributed by atoms with van der Waals surface area (Å²) in [4.78, 5) is 23.2. The average molecular weight is 353 g/mol. The topological polar surface area (TPSA) is 55.4 Å². The van der Waals surface area contributed by atoms with E-state index in [0.29, 0.717) is 30.7 Å². The van der Waals surface area contributed by atoms with Crippen molar-refractivity contribution in [2.24, 2.45) is 0 Å². The van der Waals surface area contributed by atoms with Gasteiger partial charge in [-0.3, -0.25) is 9.59 Å². The van der Waals surface area contributed by atoms with Crippen LogP contribution in [-0.4, -0.2) is 18.3 Å². The van der Waals surface area contributed by atoms with Crippen molar-refractivity contribution in [3.63, 3.8) is 0 Å². The van der Waals surface area contributed by atoms with Gasteiger partial charge in [0.2, 0.25) is 5.91 Å². The lowest BCUT2D eigenvalue weighted by molar-refractivity contribution is -0.116. The van der Waals surface area contributed by atoms with Crippen LogP contribution < -0.4 is 10.1 Å². The third-order valence-electron chi connectivity index (χ3n) is 4.11. The Hall–Kier alpha value is -2.62. The van der Waals surface area contributed by atoms with Crippen LogP contribution in [0, 0.1) is 0 Å². The fourth-order valence-corrected chi connectivity index (χ4v) is 2.49. The summed E-state index contributed by atoms with van der Waals surface area (Å²) in [7, 11) is 0. The van der Waals surface area contributed by atoms with E-state index in [1.165, 1.54) is 12.5 Å². The van der Waals surface area contributed by atoms with Gasteiger partial charge in [0.15, 0.2) is 5.78 Å². The van der Waals surface area contributed by atoms with Crippen molar-refractivity contribution in [1.82, 2.24) is 0 Å². The number of anilines is 1. The van der Waals surface area contributed by atoms with E-state index in [0.717, 1.165) is 5.75 Å². The number of carbonyl (C=O) groups excluding carboxylic acids is 2. The first-order chi connectivity index (χ1) is 12.3. The standard InChI is InChI=1S/C22H27NO3/c1-16(24)17-7-11-19(12-8-17)23-21(25)6-5-15-26-20-13-9-18(10-14-20)22(2,3)4/h7-14H,5-6,15H2,1-4H3,(H,23,25). The van der Waals surface area contributed by atoms with Crippen molar-refractivity contribution < 1.29 is 14.3 Å². The van der Waals surface area contributed by atoms with Gasteiger partial charge in [-0.15, -0.1) is 0 Å². The van der Waals surface area contributed by atoms with Gasteiger partial charge in [-0.05, 0) is 60.7 Å². The zero-order valence-electron chi connectivity index (χ0n) is 16.0. The van der Waals surface area contributed by atoms with Crippen LogP contribution >= 0.6 is 0 Å². The van der Waals surface area contributed by atoms with Crippen molar-refractivity contribution in [3.8, 4) is 5.75 Å². The molecule has 4 nitrogen and oxygen atoms in total. The van der Waals surface area contributed by atoms with Crippen molar-refractivity contribution >= 4 is 17.4 Å². The zero-order chi connectivity index (χ0) is 19.2. The van der Waals surface area contributed by atoms with E-state index in [9.17, 15) is 9.59 Å². The Morgan fingerprint density at radius 1 is 0.962 bits per heavy atom.